The average Bonchev–Trinajstić information content (AvgIpc) is 2.73. The predicted octanol–water partition coefficient (Wildman–Crippen LogP) is 5.00. The topological polar surface area (TPSA) is 78.9 Å². The first kappa shape index (κ1) is 26.3. The summed E-state index contributed by atoms with van der Waals surface area (Å²) in [4.78, 5) is 27.3. The molecule has 1 atom stereocenters. The minimum Gasteiger partial charge on any atom is -0.446 e. The largest absolute Gasteiger partial charge is 0.446 e. The van der Waals surface area contributed by atoms with Gasteiger partial charge < -0.3 is 20.1 Å². The maximum absolute atomic E-state index is 13.6. The van der Waals surface area contributed by atoms with E-state index in [1.807, 2.05) is 20.8 Å². The maximum atomic E-state index is 13.6. The molecule has 2 amide bonds. The Labute approximate surface area is 198 Å². The zero-order valence-electron chi connectivity index (χ0n) is 20.1. The molecule has 0 spiro atoms. The van der Waals surface area contributed by atoms with Crippen molar-refractivity contribution in [3.8, 4) is 0 Å². The van der Waals surface area contributed by atoms with Gasteiger partial charge in [-0.2, -0.15) is 13.2 Å². The Bertz CT molecular complexity index is 868. The first-order valence-corrected chi connectivity index (χ1v) is 12.0. The van der Waals surface area contributed by atoms with Crippen LogP contribution in [0.25, 0.3) is 0 Å². The van der Waals surface area contributed by atoms with Gasteiger partial charge in [0.25, 0.3) is 0 Å². The molecular weight excluding hydrogens is 449 g/mol. The molecule has 1 saturated carbocycles. The molecule has 34 heavy (non-hydrogen) atoms. The molecule has 190 valence electrons. The first-order valence-electron chi connectivity index (χ1n) is 12.0. The van der Waals surface area contributed by atoms with Crippen molar-refractivity contribution in [1.82, 2.24) is 10.2 Å². The Hall–Kier alpha value is -2.29. The number of hydrogen-bond donors (Lipinski definition) is 2. The molecule has 1 aromatic carbocycles. The van der Waals surface area contributed by atoms with Crippen molar-refractivity contribution in [2.45, 2.75) is 95.1 Å². The second-order valence-corrected chi connectivity index (χ2v) is 10.5. The molecule has 0 bridgehead atoms. The molecule has 0 radical (unpaired) electrons. The van der Waals surface area contributed by atoms with Gasteiger partial charge in [0.15, 0.2) is 0 Å². The van der Waals surface area contributed by atoms with Gasteiger partial charge >= 0.3 is 12.3 Å². The smallest absolute Gasteiger partial charge is 0.416 e. The van der Waals surface area contributed by atoms with E-state index in [1.165, 1.54) is 12.1 Å². The summed E-state index contributed by atoms with van der Waals surface area (Å²) in [6, 6.07) is 4.75. The summed E-state index contributed by atoms with van der Waals surface area (Å²) in [7, 11) is 0. The number of piperidine rings is 1. The van der Waals surface area contributed by atoms with Crippen molar-refractivity contribution in [1.29, 1.82) is 0 Å². The number of amides is 2. The summed E-state index contributed by atoms with van der Waals surface area (Å²) in [6.45, 7) is 6.15. The number of alkyl halides is 3. The lowest BCUT2D eigenvalue weighted by atomic mass is 9.72. The van der Waals surface area contributed by atoms with E-state index in [0.717, 1.165) is 31.4 Å². The fourth-order valence-corrected chi connectivity index (χ4v) is 4.89. The van der Waals surface area contributed by atoms with Crippen LogP contribution in [0.4, 0.5) is 18.0 Å². The average molecular weight is 485 g/mol. The molecule has 2 fully saturated rings. The molecule has 3 rings (SSSR count). The quantitative estimate of drug-likeness (QED) is 0.631. The number of nitrogens with zero attached hydrogens (tertiary/aromatic N) is 1. The van der Waals surface area contributed by atoms with E-state index in [2.05, 4.69) is 5.32 Å². The fraction of sp³-hybridized carbons (Fsp3) is 0.680. The Morgan fingerprint density at radius 3 is 2.29 bits per heavy atom. The van der Waals surface area contributed by atoms with Crippen molar-refractivity contribution in [3.05, 3.63) is 35.4 Å². The molecule has 1 aliphatic heterocycles. The molecule has 2 N–H and O–H groups in total. The van der Waals surface area contributed by atoms with Crippen molar-refractivity contribution in [2.75, 3.05) is 13.1 Å². The van der Waals surface area contributed by atoms with E-state index < -0.39 is 34.9 Å². The van der Waals surface area contributed by atoms with Crippen LogP contribution in [0.3, 0.4) is 0 Å². The van der Waals surface area contributed by atoms with Gasteiger partial charge in [-0.3, -0.25) is 4.79 Å². The zero-order chi connectivity index (χ0) is 25.1. The Morgan fingerprint density at radius 1 is 1.12 bits per heavy atom. The number of nitrogens with one attached hydrogen (secondary N) is 1. The van der Waals surface area contributed by atoms with E-state index >= 15 is 0 Å². The van der Waals surface area contributed by atoms with Crippen molar-refractivity contribution in [3.63, 3.8) is 0 Å². The first-order chi connectivity index (χ1) is 15.8. The highest BCUT2D eigenvalue weighted by Crippen LogP contribution is 2.42. The Morgan fingerprint density at radius 2 is 1.74 bits per heavy atom. The molecular formula is C25H35F3N2O4. The van der Waals surface area contributed by atoms with Crippen LogP contribution >= 0.6 is 0 Å². The lowest BCUT2D eigenvalue weighted by Crippen LogP contribution is -2.51. The van der Waals surface area contributed by atoms with Gasteiger partial charge in [0, 0.05) is 31.5 Å². The lowest BCUT2D eigenvalue weighted by molar-refractivity contribution is -0.144. The summed E-state index contributed by atoms with van der Waals surface area (Å²) in [5.74, 6) is -1.45. The molecule has 9 heteroatoms. The van der Waals surface area contributed by atoms with Crippen LogP contribution in [0.15, 0.2) is 24.3 Å². The summed E-state index contributed by atoms with van der Waals surface area (Å²) < 4.78 is 45.6. The number of hydrogen-bond acceptors (Lipinski definition) is 4. The van der Waals surface area contributed by atoms with Crippen LogP contribution in [0, 0.1) is 0 Å². The van der Waals surface area contributed by atoms with Crippen molar-refractivity contribution >= 4 is 12.0 Å². The number of aliphatic hydroxyl groups is 1. The van der Waals surface area contributed by atoms with Crippen molar-refractivity contribution < 1.29 is 32.6 Å². The standard InChI is InChI=1S/C25H35F3N2O4/c1-23(2,3)29-22(32)34-19-10-14-30(15-11-19)21(31)20(24(33)12-5-4-6-13-24)17-8-7-9-18(16-17)25(26,27)28/h7-9,16,19-20,33H,4-6,10-15H2,1-3H3,(H,29,32). The molecule has 1 aliphatic carbocycles. The predicted molar refractivity (Wildman–Crippen MR) is 121 cm³/mol. The number of halogens is 3. The van der Waals surface area contributed by atoms with E-state index in [-0.39, 0.29) is 17.6 Å². The highest BCUT2D eigenvalue weighted by atomic mass is 19.4. The molecule has 0 aromatic heterocycles. The van der Waals surface area contributed by atoms with E-state index in [9.17, 15) is 27.9 Å². The van der Waals surface area contributed by atoms with Crippen LogP contribution in [0.2, 0.25) is 0 Å². The number of benzene rings is 1. The number of alkyl carbamates (subject to hydrolysis) is 1. The SMILES string of the molecule is CC(C)(C)NC(=O)OC1CCN(C(=O)C(c2cccc(C(F)(F)F)c2)C2(O)CCCCC2)CC1. The molecule has 1 saturated heterocycles. The highest BCUT2D eigenvalue weighted by Gasteiger charge is 2.46. The molecule has 1 aromatic rings. The molecule has 6 nitrogen and oxygen atoms in total. The normalized spacial score (nSPS) is 20.5. The van der Waals surface area contributed by atoms with Gasteiger partial charge in [0.05, 0.1) is 17.1 Å². The van der Waals surface area contributed by atoms with Crippen molar-refractivity contribution in [2.24, 2.45) is 0 Å². The second-order valence-electron chi connectivity index (χ2n) is 10.5. The van der Waals surface area contributed by atoms with E-state index in [4.69, 9.17) is 4.74 Å². The highest BCUT2D eigenvalue weighted by molar-refractivity contribution is 5.85. The molecule has 2 aliphatic rings. The molecule has 1 unspecified atom stereocenters. The third-order valence-corrected chi connectivity index (χ3v) is 6.56. The maximum Gasteiger partial charge on any atom is 0.416 e. The van der Waals surface area contributed by atoms with Crippen LogP contribution < -0.4 is 5.32 Å². The fourth-order valence-electron chi connectivity index (χ4n) is 4.89. The van der Waals surface area contributed by atoms with Crippen LogP contribution in [0.5, 0.6) is 0 Å². The van der Waals surface area contributed by atoms with Gasteiger partial charge in [-0.15, -0.1) is 0 Å². The van der Waals surface area contributed by atoms with Gasteiger partial charge in [0.2, 0.25) is 5.91 Å². The number of carbonyl (C=O) groups is 2. The summed E-state index contributed by atoms with van der Waals surface area (Å²) in [6.07, 6.45) is -1.46. The van der Waals surface area contributed by atoms with Crippen LogP contribution in [-0.4, -0.2) is 52.3 Å². The van der Waals surface area contributed by atoms with E-state index in [0.29, 0.717) is 38.8 Å². The van der Waals surface area contributed by atoms with Gasteiger partial charge in [-0.25, -0.2) is 4.79 Å². The van der Waals surface area contributed by atoms with Gasteiger partial charge in [0.1, 0.15) is 6.10 Å². The Kier molecular flexibility index (Phi) is 7.85. The second kappa shape index (κ2) is 10.1. The summed E-state index contributed by atoms with van der Waals surface area (Å²) in [5.41, 5.74) is -2.47. The van der Waals surface area contributed by atoms with Gasteiger partial charge in [-0.1, -0.05) is 37.5 Å². The number of rotatable bonds is 4. The minimum absolute atomic E-state index is 0.187. The van der Waals surface area contributed by atoms with Gasteiger partial charge in [-0.05, 0) is 45.2 Å². The lowest BCUT2D eigenvalue weighted by Gasteiger charge is -2.42. The van der Waals surface area contributed by atoms with Crippen LogP contribution in [-0.2, 0) is 15.7 Å². The van der Waals surface area contributed by atoms with E-state index in [1.54, 1.807) is 4.90 Å². The third-order valence-electron chi connectivity index (χ3n) is 6.56. The minimum atomic E-state index is -4.54. The number of likely N-dealkylation sites (tertiary alicyclic amines) is 1. The Balaban J connectivity index is 1.76. The molecule has 1 heterocycles. The monoisotopic (exact) mass is 484 g/mol. The zero-order valence-corrected chi connectivity index (χ0v) is 20.1. The number of carbonyl (C=O) groups excluding carboxylic acids is 2. The van der Waals surface area contributed by atoms with Crippen LogP contribution in [0.1, 0.15) is 82.8 Å². The third kappa shape index (κ3) is 6.64. The number of ether oxygens (including phenoxy) is 1. The summed E-state index contributed by atoms with van der Waals surface area (Å²) >= 11 is 0. The summed E-state index contributed by atoms with van der Waals surface area (Å²) in [5, 5.41) is 14.2.